The molecule has 3 heteroatoms. The van der Waals surface area contributed by atoms with E-state index in [1.54, 1.807) is 11.3 Å². The normalized spacial score (nSPS) is 13.2. The van der Waals surface area contributed by atoms with Gasteiger partial charge in [0.1, 0.15) is 0 Å². The quantitative estimate of drug-likeness (QED) is 0.689. The van der Waals surface area contributed by atoms with Crippen LogP contribution in [-0.2, 0) is 0 Å². The summed E-state index contributed by atoms with van der Waals surface area (Å²) in [6, 6.07) is 1.89. The molecule has 1 unspecified atom stereocenters. The molecule has 1 heterocycles. The van der Waals surface area contributed by atoms with Crippen molar-refractivity contribution in [2.45, 2.75) is 6.92 Å². The number of carbonyl (C=O) groups excluding carboxylic acids is 1. The smallest absolute Gasteiger partial charge is 0.167 e. The highest BCUT2D eigenvalue weighted by Gasteiger charge is 2.15. The summed E-state index contributed by atoms with van der Waals surface area (Å²) < 4.78 is 0. The lowest BCUT2D eigenvalue weighted by molar-refractivity contribution is 0.0910. The van der Waals surface area contributed by atoms with E-state index in [-0.39, 0.29) is 11.7 Å². The van der Waals surface area contributed by atoms with Gasteiger partial charge in [0.2, 0.25) is 0 Å². The third kappa shape index (κ3) is 2.94. The first kappa shape index (κ1) is 10.4. The molecule has 0 saturated carbocycles. The maximum atomic E-state index is 11.7. The zero-order valence-corrected chi connectivity index (χ0v) is 9.10. The molecular weight excluding hydrogens is 182 g/mol. The minimum Gasteiger partial charge on any atom is -0.309 e. The van der Waals surface area contributed by atoms with Crippen LogP contribution in [0.15, 0.2) is 16.8 Å². The van der Waals surface area contributed by atoms with Crippen molar-refractivity contribution in [3.8, 4) is 0 Å². The van der Waals surface area contributed by atoms with E-state index in [4.69, 9.17) is 0 Å². The van der Waals surface area contributed by atoms with E-state index in [2.05, 4.69) is 0 Å². The molecule has 0 spiro atoms. The number of thiophene rings is 1. The van der Waals surface area contributed by atoms with Crippen LogP contribution in [0.2, 0.25) is 0 Å². The van der Waals surface area contributed by atoms with E-state index < -0.39 is 0 Å². The Hall–Kier alpha value is -0.670. The fraction of sp³-hybridized carbons (Fsp3) is 0.500. The van der Waals surface area contributed by atoms with Crippen LogP contribution in [-0.4, -0.2) is 31.3 Å². The third-order valence-corrected chi connectivity index (χ3v) is 2.58. The summed E-state index contributed by atoms with van der Waals surface area (Å²) in [5.74, 6) is 0.333. The lowest BCUT2D eigenvalue weighted by atomic mass is 10.0. The minimum atomic E-state index is 0.0876. The predicted octanol–water partition coefficient (Wildman–Crippen LogP) is 2.13. The van der Waals surface area contributed by atoms with E-state index in [1.165, 1.54) is 0 Å². The van der Waals surface area contributed by atoms with Crippen molar-refractivity contribution < 1.29 is 4.79 Å². The molecule has 0 fully saturated rings. The van der Waals surface area contributed by atoms with E-state index in [1.807, 2.05) is 42.7 Å². The summed E-state index contributed by atoms with van der Waals surface area (Å²) in [6.45, 7) is 2.79. The Kier molecular flexibility index (Phi) is 3.63. The molecule has 0 aliphatic carbocycles. The van der Waals surface area contributed by atoms with Gasteiger partial charge >= 0.3 is 0 Å². The van der Waals surface area contributed by atoms with Crippen LogP contribution >= 0.6 is 11.3 Å². The second-order valence-electron chi connectivity index (χ2n) is 3.54. The predicted molar refractivity (Wildman–Crippen MR) is 56.4 cm³/mol. The molecule has 0 amide bonds. The van der Waals surface area contributed by atoms with Crippen molar-refractivity contribution in [1.82, 2.24) is 4.90 Å². The zero-order chi connectivity index (χ0) is 9.84. The van der Waals surface area contributed by atoms with E-state index in [0.29, 0.717) is 0 Å². The van der Waals surface area contributed by atoms with Gasteiger partial charge in [-0.25, -0.2) is 0 Å². The van der Waals surface area contributed by atoms with E-state index >= 15 is 0 Å². The van der Waals surface area contributed by atoms with Crippen LogP contribution in [0.5, 0.6) is 0 Å². The highest BCUT2D eigenvalue weighted by molar-refractivity contribution is 7.08. The van der Waals surface area contributed by atoms with Gasteiger partial charge in [-0.15, -0.1) is 0 Å². The van der Waals surface area contributed by atoms with Crippen LogP contribution in [0.1, 0.15) is 17.3 Å². The standard InChI is InChI=1S/C10H15NOS/c1-8(6-11(2)3)10(12)9-4-5-13-7-9/h4-5,7-8H,6H2,1-3H3. The minimum absolute atomic E-state index is 0.0876. The highest BCUT2D eigenvalue weighted by atomic mass is 32.1. The average Bonchev–Trinajstić information content (AvgIpc) is 2.53. The van der Waals surface area contributed by atoms with Crippen molar-refractivity contribution in [2.24, 2.45) is 5.92 Å². The molecule has 0 aromatic carbocycles. The van der Waals surface area contributed by atoms with Crippen LogP contribution in [0.3, 0.4) is 0 Å². The molecule has 0 aliphatic rings. The number of carbonyl (C=O) groups is 1. The van der Waals surface area contributed by atoms with Crippen LogP contribution < -0.4 is 0 Å². The van der Waals surface area contributed by atoms with Gasteiger partial charge in [0.15, 0.2) is 5.78 Å². The van der Waals surface area contributed by atoms with Gasteiger partial charge in [0.05, 0.1) is 0 Å². The SMILES string of the molecule is CC(CN(C)C)C(=O)c1ccsc1. The van der Waals surface area contributed by atoms with Gasteiger partial charge in [-0.1, -0.05) is 6.92 Å². The van der Waals surface area contributed by atoms with Crippen molar-refractivity contribution in [3.63, 3.8) is 0 Å². The molecule has 1 atom stereocenters. The Morgan fingerprint density at radius 3 is 2.77 bits per heavy atom. The Balaban J connectivity index is 2.58. The number of nitrogens with zero attached hydrogens (tertiary/aromatic N) is 1. The van der Waals surface area contributed by atoms with Crippen LogP contribution in [0, 0.1) is 5.92 Å². The van der Waals surface area contributed by atoms with Crippen molar-refractivity contribution >= 4 is 17.1 Å². The fourth-order valence-electron chi connectivity index (χ4n) is 1.32. The Labute approximate surface area is 83.2 Å². The van der Waals surface area contributed by atoms with Gasteiger partial charge in [0.25, 0.3) is 0 Å². The van der Waals surface area contributed by atoms with Crippen molar-refractivity contribution in [2.75, 3.05) is 20.6 Å². The molecule has 2 nitrogen and oxygen atoms in total. The molecule has 0 aliphatic heterocycles. The topological polar surface area (TPSA) is 20.3 Å². The number of rotatable bonds is 4. The first-order chi connectivity index (χ1) is 6.11. The fourth-order valence-corrected chi connectivity index (χ4v) is 1.96. The average molecular weight is 197 g/mol. The molecule has 0 N–H and O–H groups in total. The highest BCUT2D eigenvalue weighted by Crippen LogP contribution is 2.12. The summed E-state index contributed by atoms with van der Waals surface area (Å²) >= 11 is 1.57. The number of hydrogen-bond donors (Lipinski definition) is 0. The lowest BCUT2D eigenvalue weighted by Crippen LogP contribution is -2.25. The monoisotopic (exact) mass is 197 g/mol. The van der Waals surface area contributed by atoms with Gasteiger partial charge < -0.3 is 4.90 Å². The number of Topliss-reactive ketones (excluding diaryl/α,β-unsaturated/α-hetero) is 1. The summed E-state index contributed by atoms with van der Waals surface area (Å²) in [7, 11) is 3.97. The Morgan fingerprint density at radius 1 is 1.62 bits per heavy atom. The van der Waals surface area contributed by atoms with Crippen molar-refractivity contribution in [1.29, 1.82) is 0 Å². The van der Waals surface area contributed by atoms with Crippen molar-refractivity contribution in [3.05, 3.63) is 22.4 Å². The largest absolute Gasteiger partial charge is 0.309 e. The maximum Gasteiger partial charge on any atom is 0.167 e. The van der Waals surface area contributed by atoms with E-state index in [0.717, 1.165) is 12.1 Å². The second kappa shape index (κ2) is 4.53. The molecule has 1 aromatic rings. The zero-order valence-electron chi connectivity index (χ0n) is 8.28. The molecule has 0 bridgehead atoms. The summed E-state index contributed by atoms with van der Waals surface area (Å²) in [5.41, 5.74) is 0.847. The first-order valence-electron chi connectivity index (χ1n) is 4.32. The molecule has 1 aromatic heterocycles. The Bertz CT molecular complexity index is 266. The molecule has 1 rings (SSSR count). The van der Waals surface area contributed by atoms with Crippen LogP contribution in [0.25, 0.3) is 0 Å². The molecule has 0 saturated heterocycles. The Morgan fingerprint density at radius 2 is 2.31 bits per heavy atom. The summed E-state index contributed by atoms with van der Waals surface area (Å²) in [6.07, 6.45) is 0. The molecular formula is C10H15NOS. The molecule has 0 radical (unpaired) electrons. The summed E-state index contributed by atoms with van der Waals surface area (Å²) in [4.78, 5) is 13.8. The third-order valence-electron chi connectivity index (χ3n) is 1.89. The van der Waals surface area contributed by atoms with Gasteiger partial charge in [-0.05, 0) is 25.5 Å². The van der Waals surface area contributed by atoms with Gasteiger partial charge in [-0.2, -0.15) is 11.3 Å². The molecule has 72 valence electrons. The van der Waals surface area contributed by atoms with Gasteiger partial charge in [0, 0.05) is 23.4 Å². The number of ketones is 1. The van der Waals surface area contributed by atoms with Gasteiger partial charge in [-0.3, -0.25) is 4.79 Å². The van der Waals surface area contributed by atoms with E-state index in [9.17, 15) is 4.79 Å². The first-order valence-corrected chi connectivity index (χ1v) is 5.26. The summed E-state index contributed by atoms with van der Waals surface area (Å²) in [5, 5.41) is 3.85. The van der Waals surface area contributed by atoms with Crippen LogP contribution in [0.4, 0.5) is 0 Å². The maximum absolute atomic E-state index is 11.7. The second-order valence-corrected chi connectivity index (χ2v) is 4.32. The molecule has 13 heavy (non-hydrogen) atoms. The number of hydrogen-bond acceptors (Lipinski definition) is 3. The lowest BCUT2D eigenvalue weighted by Gasteiger charge is -2.14.